The zero-order valence-electron chi connectivity index (χ0n) is 10.7. The molecule has 1 atom stereocenters. The molecule has 1 aromatic carbocycles. The highest BCUT2D eigenvalue weighted by atomic mass is 35.5. The van der Waals surface area contributed by atoms with E-state index in [1.165, 1.54) is 0 Å². The summed E-state index contributed by atoms with van der Waals surface area (Å²) in [5, 5.41) is 16.0. The molecule has 1 heterocycles. The Morgan fingerprint density at radius 1 is 1.43 bits per heavy atom. The summed E-state index contributed by atoms with van der Waals surface area (Å²) >= 11 is 11.7. The van der Waals surface area contributed by atoms with Gasteiger partial charge in [-0.1, -0.05) is 23.2 Å². The minimum absolute atomic E-state index is 0.0420. The Bertz CT molecular complexity index is 611. The number of piperidine rings is 1. The molecule has 1 unspecified atom stereocenters. The van der Waals surface area contributed by atoms with Gasteiger partial charge in [0.25, 0.3) is 11.6 Å². The molecule has 0 saturated carbocycles. The van der Waals surface area contributed by atoms with E-state index in [-0.39, 0.29) is 33.2 Å². The highest BCUT2D eigenvalue weighted by molar-refractivity contribution is 6.44. The third kappa shape index (κ3) is 3.62. The van der Waals surface area contributed by atoms with Gasteiger partial charge in [-0.2, -0.15) is 0 Å². The number of nitro groups is 1. The molecular weight excluding hydrogens is 321 g/mol. The third-order valence-corrected chi connectivity index (χ3v) is 3.87. The molecule has 0 aliphatic carbocycles. The Hall–Kier alpha value is -1.86. The van der Waals surface area contributed by atoms with Gasteiger partial charge in [-0.25, -0.2) is 0 Å². The summed E-state index contributed by atoms with van der Waals surface area (Å²) < 4.78 is 0. The van der Waals surface area contributed by atoms with E-state index in [0.717, 1.165) is 12.1 Å². The molecule has 1 fully saturated rings. The number of nitrogens with one attached hydrogen (secondary N) is 2. The number of amides is 2. The molecule has 7 nitrogen and oxygen atoms in total. The Morgan fingerprint density at radius 3 is 2.71 bits per heavy atom. The molecule has 2 rings (SSSR count). The Morgan fingerprint density at radius 2 is 2.14 bits per heavy atom. The molecule has 21 heavy (non-hydrogen) atoms. The van der Waals surface area contributed by atoms with Crippen LogP contribution in [0.3, 0.4) is 0 Å². The molecule has 1 aromatic rings. The third-order valence-electron chi connectivity index (χ3n) is 3.07. The minimum atomic E-state index is -0.653. The number of benzene rings is 1. The van der Waals surface area contributed by atoms with Gasteiger partial charge in [0.1, 0.15) is 0 Å². The summed E-state index contributed by atoms with van der Waals surface area (Å²) in [7, 11) is 0. The number of nitro benzene ring substituents is 1. The van der Waals surface area contributed by atoms with Crippen LogP contribution in [0.1, 0.15) is 23.2 Å². The van der Waals surface area contributed by atoms with Gasteiger partial charge in [-0.3, -0.25) is 19.7 Å². The zero-order chi connectivity index (χ0) is 15.6. The summed E-state index contributed by atoms with van der Waals surface area (Å²) in [6.07, 6.45) is 0.812. The van der Waals surface area contributed by atoms with E-state index >= 15 is 0 Å². The second kappa shape index (κ2) is 6.28. The maximum atomic E-state index is 12.2. The van der Waals surface area contributed by atoms with Crippen molar-refractivity contribution < 1.29 is 14.5 Å². The highest BCUT2D eigenvalue weighted by Crippen LogP contribution is 2.30. The lowest BCUT2D eigenvalue weighted by atomic mass is 10.1. The first kappa shape index (κ1) is 15.5. The van der Waals surface area contributed by atoms with E-state index in [9.17, 15) is 19.7 Å². The maximum Gasteiger partial charge on any atom is 0.271 e. The van der Waals surface area contributed by atoms with Gasteiger partial charge < -0.3 is 10.6 Å². The number of carbonyl (C=O) groups is 2. The van der Waals surface area contributed by atoms with E-state index in [1.807, 2.05) is 0 Å². The second-order valence-corrected chi connectivity index (χ2v) is 5.34. The van der Waals surface area contributed by atoms with Crippen molar-refractivity contribution in [2.24, 2.45) is 0 Å². The van der Waals surface area contributed by atoms with Gasteiger partial charge in [0.05, 0.1) is 20.5 Å². The van der Waals surface area contributed by atoms with Crippen LogP contribution < -0.4 is 10.6 Å². The van der Waals surface area contributed by atoms with Crippen LogP contribution in [0, 0.1) is 10.1 Å². The van der Waals surface area contributed by atoms with E-state index in [1.54, 1.807) is 0 Å². The second-order valence-electron chi connectivity index (χ2n) is 4.56. The lowest BCUT2D eigenvalue weighted by molar-refractivity contribution is -0.384. The van der Waals surface area contributed by atoms with Crippen LogP contribution in [-0.4, -0.2) is 29.3 Å². The molecule has 112 valence electrons. The number of non-ortho nitro benzene ring substituents is 1. The van der Waals surface area contributed by atoms with Gasteiger partial charge in [-0.05, 0) is 6.42 Å². The standard InChI is InChI=1S/C12H11Cl2N3O4/c13-9-4-7(17(20)21)3-8(11(9)14)12(19)16-6-1-2-10(18)15-5-6/h3-4,6H,1-2,5H2,(H,15,18)(H,16,19). The number of hydrogen-bond acceptors (Lipinski definition) is 4. The van der Waals surface area contributed by atoms with Crippen molar-refractivity contribution in [3.05, 3.63) is 37.9 Å². The van der Waals surface area contributed by atoms with Crippen molar-refractivity contribution in [3.63, 3.8) is 0 Å². The molecule has 0 aromatic heterocycles. The molecule has 2 N–H and O–H groups in total. The molecule has 0 bridgehead atoms. The van der Waals surface area contributed by atoms with Crippen LogP contribution in [0.4, 0.5) is 5.69 Å². The van der Waals surface area contributed by atoms with Crippen LogP contribution in [-0.2, 0) is 4.79 Å². The topological polar surface area (TPSA) is 101 Å². The first-order valence-electron chi connectivity index (χ1n) is 6.09. The van der Waals surface area contributed by atoms with Crippen molar-refractivity contribution >= 4 is 40.7 Å². The molecule has 2 amide bonds. The predicted octanol–water partition coefficient (Wildman–Crippen LogP) is 1.91. The van der Waals surface area contributed by atoms with Crippen molar-refractivity contribution in [1.29, 1.82) is 0 Å². The average molecular weight is 332 g/mol. The van der Waals surface area contributed by atoms with Crippen LogP contribution in [0.2, 0.25) is 10.0 Å². The largest absolute Gasteiger partial charge is 0.354 e. The molecule has 1 saturated heterocycles. The Kier molecular flexibility index (Phi) is 4.64. The molecule has 9 heteroatoms. The normalized spacial score (nSPS) is 18.0. The van der Waals surface area contributed by atoms with Crippen LogP contribution >= 0.6 is 23.2 Å². The van der Waals surface area contributed by atoms with Gasteiger partial charge >= 0.3 is 0 Å². The monoisotopic (exact) mass is 331 g/mol. The number of halogens is 2. The predicted molar refractivity (Wildman–Crippen MR) is 76.6 cm³/mol. The molecule has 1 aliphatic rings. The average Bonchev–Trinajstić information content (AvgIpc) is 2.43. The van der Waals surface area contributed by atoms with E-state index in [4.69, 9.17) is 23.2 Å². The van der Waals surface area contributed by atoms with Crippen molar-refractivity contribution in [1.82, 2.24) is 10.6 Å². The fourth-order valence-electron chi connectivity index (χ4n) is 1.96. The van der Waals surface area contributed by atoms with Gasteiger partial charge in [0, 0.05) is 31.1 Å². The van der Waals surface area contributed by atoms with Gasteiger partial charge in [-0.15, -0.1) is 0 Å². The number of hydrogen-bond donors (Lipinski definition) is 2. The quantitative estimate of drug-likeness (QED) is 0.652. The fraction of sp³-hybridized carbons (Fsp3) is 0.333. The maximum absolute atomic E-state index is 12.2. The first-order valence-corrected chi connectivity index (χ1v) is 6.85. The zero-order valence-corrected chi connectivity index (χ0v) is 12.2. The summed E-state index contributed by atoms with van der Waals surface area (Å²) in [5.74, 6) is -0.635. The van der Waals surface area contributed by atoms with Gasteiger partial charge in [0.15, 0.2) is 0 Å². The smallest absolute Gasteiger partial charge is 0.271 e. The molecule has 0 spiro atoms. The van der Waals surface area contributed by atoms with Crippen molar-refractivity contribution in [3.8, 4) is 0 Å². The number of carbonyl (C=O) groups excluding carboxylic acids is 2. The highest BCUT2D eigenvalue weighted by Gasteiger charge is 2.24. The lowest BCUT2D eigenvalue weighted by Crippen LogP contribution is -2.47. The minimum Gasteiger partial charge on any atom is -0.354 e. The van der Waals surface area contributed by atoms with Crippen LogP contribution in [0.25, 0.3) is 0 Å². The summed E-state index contributed by atoms with van der Waals surface area (Å²) in [6.45, 7) is 0.310. The SMILES string of the molecule is O=C1CCC(NC(=O)c2cc([N+](=O)[O-])cc(Cl)c2Cl)CN1. The van der Waals surface area contributed by atoms with E-state index in [0.29, 0.717) is 19.4 Å². The summed E-state index contributed by atoms with van der Waals surface area (Å²) in [6, 6.07) is 1.91. The van der Waals surface area contributed by atoms with Gasteiger partial charge in [0.2, 0.25) is 5.91 Å². The Labute approximate surface area is 129 Å². The van der Waals surface area contributed by atoms with Crippen LogP contribution in [0.15, 0.2) is 12.1 Å². The molecule has 0 radical (unpaired) electrons. The summed E-state index contributed by atoms with van der Waals surface area (Å²) in [5.41, 5.74) is -0.376. The molecular formula is C12H11Cl2N3O4. The molecule has 1 aliphatic heterocycles. The van der Waals surface area contributed by atoms with Crippen LogP contribution in [0.5, 0.6) is 0 Å². The lowest BCUT2D eigenvalue weighted by Gasteiger charge is -2.23. The van der Waals surface area contributed by atoms with E-state index in [2.05, 4.69) is 10.6 Å². The number of rotatable bonds is 3. The fourth-order valence-corrected chi connectivity index (χ4v) is 2.37. The van der Waals surface area contributed by atoms with E-state index < -0.39 is 10.8 Å². The van der Waals surface area contributed by atoms with Crippen molar-refractivity contribution in [2.45, 2.75) is 18.9 Å². The number of nitrogens with zero attached hydrogens (tertiary/aromatic N) is 1. The summed E-state index contributed by atoms with van der Waals surface area (Å²) in [4.78, 5) is 33.3. The first-order chi connectivity index (χ1) is 9.88. The van der Waals surface area contributed by atoms with Crippen molar-refractivity contribution in [2.75, 3.05) is 6.54 Å². The Balaban J connectivity index is 2.18.